The molecule has 0 saturated carbocycles. The zero-order chi connectivity index (χ0) is 20.2. The van der Waals surface area contributed by atoms with Gasteiger partial charge in [0.15, 0.2) is 0 Å². The van der Waals surface area contributed by atoms with E-state index in [1.807, 2.05) is 60.4 Å². The lowest BCUT2D eigenvalue weighted by Gasteiger charge is -2.32. The Morgan fingerprint density at radius 2 is 1.72 bits per heavy atom. The van der Waals surface area contributed by atoms with Gasteiger partial charge in [0.25, 0.3) is 11.8 Å². The van der Waals surface area contributed by atoms with Crippen LogP contribution in [-0.4, -0.2) is 46.0 Å². The van der Waals surface area contributed by atoms with Crippen LogP contribution < -0.4 is 5.32 Å². The van der Waals surface area contributed by atoms with Crippen LogP contribution in [0, 0.1) is 6.92 Å². The summed E-state index contributed by atoms with van der Waals surface area (Å²) in [5.74, 6) is -0.114. The van der Waals surface area contributed by atoms with Crippen molar-refractivity contribution in [1.82, 2.24) is 20.4 Å². The van der Waals surface area contributed by atoms with E-state index < -0.39 is 0 Å². The quantitative estimate of drug-likeness (QED) is 0.719. The second-order valence-corrected chi connectivity index (χ2v) is 7.39. The Morgan fingerprint density at radius 3 is 2.45 bits per heavy atom. The van der Waals surface area contributed by atoms with Crippen LogP contribution in [0.15, 0.2) is 60.7 Å². The smallest absolute Gasteiger partial charge is 0.271 e. The van der Waals surface area contributed by atoms with Crippen molar-refractivity contribution in [2.24, 2.45) is 0 Å². The normalized spacial score (nSPS) is 14.6. The number of benzene rings is 2. The van der Waals surface area contributed by atoms with E-state index in [9.17, 15) is 9.59 Å². The second-order valence-electron chi connectivity index (χ2n) is 7.39. The summed E-state index contributed by atoms with van der Waals surface area (Å²) in [6.07, 6.45) is 1.48. The van der Waals surface area contributed by atoms with Gasteiger partial charge in [-0.05, 0) is 43.5 Å². The third kappa shape index (κ3) is 4.21. The molecule has 6 nitrogen and oxygen atoms in total. The van der Waals surface area contributed by atoms with Gasteiger partial charge in [-0.1, -0.05) is 42.5 Å². The maximum absolute atomic E-state index is 12.8. The van der Waals surface area contributed by atoms with Crippen molar-refractivity contribution in [1.29, 1.82) is 0 Å². The molecule has 4 rings (SSSR count). The molecule has 1 saturated heterocycles. The summed E-state index contributed by atoms with van der Waals surface area (Å²) in [6.45, 7) is 3.24. The van der Waals surface area contributed by atoms with Crippen LogP contribution in [0.5, 0.6) is 0 Å². The first-order valence-electron chi connectivity index (χ1n) is 9.88. The zero-order valence-electron chi connectivity index (χ0n) is 16.4. The van der Waals surface area contributed by atoms with Crippen molar-refractivity contribution in [3.8, 4) is 11.3 Å². The van der Waals surface area contributed by atoms with Gasteiger partial charge in [0.2, 0.25) is 0 Å². The number of aromatic nitrogens is 2. The van der Waals surface area contributed by atoms with Gasteiger partial charge in [-0.15, -0.1) is 0 Å². The average Bonchev–Trinajstić information content (AvgIpc) is 3.25. The predicted molar refractivity (Wildman–Crippen MR) is 112 cm³/mol. The number of carbonyl (C=O) groups is 2. The maximum Gasteiger partial charge on any atom is 0.271 e. The Kier molecular flexibility index (Phi) is 5.42. The highest BCUT2D eigenvalue weighted by molar-refractivity contribution is 5.95. The summed E-state index contributed by atoms with van der Waals surface area (Å²) >= 11 is 0. The topological polar surface area (TPSA) is 78.1 Å². The number of aromatic amines is 1. The second kappa shape index (κ2) is 8.31. The molecule has 2 N–H and O–H groups in total. The van der Waals surface area contributed by atoms with Gasteiger partial charge in [0.1, 0.15) is 5.69 Å². The highest BCUT2D eigenvalue weighted by Crippen LogP contribution is 2.22. The van der Waals surface area contributed by atoms with E-state index in [0.29, 0.717) is 24.3 Å². The van der Waals surface area contributed by atoms with Crippen LogP contribution in [0.3, 0.4) is 0 Å². The Morgan fingerprint density at radius 1 is 1.03 bits per heavy atom. The summed E-state index contributed by atoms with van der Waals surface area (Å²) in [4.78, 5) is 27.0. The van der Waals surface area contributed by atoms with Crippen molar-refractivity contribution < 1.29 is 9.59 Å². The molecule has 2 heterocycles. The molecular weight excluding hydrogens is 364 g/mol. The number of rotatable bonds is 4. The molecule has 0 unspecified atom stereocenters. The molecule has 1 fully saturated rings. The fraction of sp³-hybridized carbons (Fsp3) is 0.261. The number of hydrogen-bond acceptors (Lipinski definition) is 3. The van der Waals surface area contributed by atoms with Gasteiger partial charge >= 0.3 is 0 Å². The zero-order valence-corrected chi connectivity index (χ0v) is 16.4. The van der Waals surface area contributed by atoms with Gasteiger partial charge in [0, 0.05) is 30.3 Å². The highest BCUT2D eigenvalue weighted by atomic mass is 16.2. The molecule has 1 aromatic heterocycles. The van der Waals surface area contributed by atoms with Crippen LogP contribution in [0.1, 0.15) is 39.3 Å². The number of H-pyrrole nitrogens is 1. The molecule has 3 aromatic rings. The SMILES string of the molecule is Cc1ccccc1-c1cc(C(=O)N2CCC(NC(=O)c3ccccc3)CC2)[nH]n1. The Bertz CT molecular complexity index is 1000. The lowest BCUT2D eigenvalue weighted by atomic mass is 10.0. The highest BCUT2D eigenvalue weighted by Gasteiger charge is 2.26. The maximum atomic E-state index is 12.8. The van der Waals surface area contributed by atoms with Gasteiger partial charge in [-0.3, -0.25) is 14.7 Å². The number of hydrogen-bond donors (Lipinski definition) is 2. The molecule has 0 aliphatic carbocycles. The minimum atomic E-state index is -0.0631. The van der Waals surface area contributed by atoms with E-state index in [2.05, 4.69) is 15.5 Å². The minimum absolute atomic E-state index is 0.0508. The first-order valence-corrected chi connectivity index (χ1v) is 9.88. The summed E-state index contributed by atoms with van der Waals surface area (Å²) in [6, 6.07) is 19.1. The lowest BCUT2D eigenvalue weighted by molar-refractivity contribution is 0.0692. The molecule has 0 radical (unpaired) electrons. The summed E-state index contributed by atoms with van der Waals surface area (Å²) in [5, 5.41) is 10.3. The molecule has 0 atom stereocenters. The van der Waals surface area contributed by atoms with Gasteiger partial charge in [-0.25, -0.2) is 0 Å². The van der Waals surface area contributed by atoms with Crippen molar-refractivity contribution in [2.45, 2.75) is 25.8 Å². The number of nitrogens with one attached hydrogen (secondary N) is 2. The monoisotopic (exact) mass is 388 g/mol. The van der Waals surface area contributed by atoms with Gasteiger partial charge in [0.05, 0.1) is 5.69 Å². The van der Waals surface area contributed by atoms with Crippen LogP contribution >= 0.6 is 0 Å². The largest absolute Gasteiger partial charge is 0.349 e. The first-order chi connectivity index (χ1) is 14.1. The van der Waals surface area contributed by atoms with Crippen molar-refractivity contribution in [2.75, 3.05) is 13.1 Å². The molecule has 1 aliphatic heterocycles. The van der Waals surface area contributed by atoms with E-state index in [1.54, 1.807) is 12.1 Å². The van der Waals surface area contributed by atoms with Gasteiger partial charge < -0.3 is 10.2 Å². The predicted octanol–water partition coefficient (Wildman–Crippen LogP) is 3.42. The fourth-order valence-electron chi connectivity index (χ4n) is 3.69. The number of likely N-dealkylation sites (tertiary alicyclic amines) is 1. The molecule has 2 amide bonds. The molecule has 2 aromatic carbocycles. The summed E-state index contributed by atoms with van der Waals surface area (Å²) in [7, 11) is 0. The minimum Gasteiger partial charge on any atom is -0.349 e. The molecule has 0 spiro atoms. The third-order valence-corrected chi connectivity index (χ3v) is 5.38. The van der Waals surface area contributed by atoms with E-state index >= 15 is 0 Å². The number of piperidine rings is 1. The van der Waals surface area contributed by atoms with Crippen molar-refractivity contribution in [3.05, 3.63) is 77.5 Å². The fourth-order valence-corrected chi connectivity index (χ4v) is 3.69. The summed E-state index contributed by atoms with van der Waals surface area (Å²) in [5.41, 5.74) is 4.07. The third-order valence-electron chi connectivity index (χ3n) is 5.38. The number of carbonyl (C=O) groups excluding carboxylic acids is 2. The molecule has 0 bridgehead atoms. The van der Waals surface area contributed by atoms with Crippen LogP contribution in [0.25, 0.3) is 11.3 Å². The van der Waals surface area contributed by atoms with E-state index in [0.717, 1.165) is 29.7 Å². The molecule has 148 valence electrons. The van der Waals surface area contributed by atoms with E-state index in [-0.39, 0.29) is 17.9 Å². The Balaban J connectivity index is 1.35. The number of nitrogens with zero attached hydrogens (tertiary/aromatic N) is 2. The van der Waals surface area contributed by atoms with Crippen LogP contribution in [-0.2, 0) is 0 Å². The van der Waals surface area contributed by atoms with Crippen molar-refractivity contribution in [3.63, 3.8) is 0 Å². The number of aryl methyl sites for hydroxylation is 1. The number of amides is 2. The summed E-state index contributed by atoms with van der Waals surface area (Å²) < 4.78 is 0. The Labute approximate surface area is 169 Å². The average molecular weight is 388 g/mol. The molecular formula is C23H24N4O2. The van der Waals surface area contributed by atoms with Crippen LogP contribution in [0.4, 0.5) is 0 Å². The molecule has 29 heavy (non-hydrogen) atoms. The lowest BCUT2D eigenvalue weighted by Crippen LogP contribution is -2.46. The molecule has 6 heteroatoms. The van der Waals surface area contributed by atoms with E-state index in [4.69, 9.17) is 0 Å². The van der Waals surface area contributed by atoms with Gasteiger partial charge in [-0.2, -0.15) is 5.10 Å². The van der Waals surface area contributed by atoms with Crippen molar-refractivity contribution >= 4 is 11.8 Å². The molecule has 1 aliphatic rings. The Hall–Kier alpha value is -3.41. The van der Waals surface area contributed by atoms with E-state index in [1.165, 1.54) is 0 Å². The first kappa shape index (κ1) is 18.9. The van der Waals surface area contributed by atoms with Crippen LogP contribution in [0.2, 0.25) is 0 Å². The standard InChI is InChI=1S/C23H24N4O2/c1-16-7-5-6-10-19(16)20-15-21(26-25-20)23(29)27-13-11-18(12-14-27)24-22(28)17-8-3-2-4-9-17/h2-10,15,18H,11-14H2,1H3,(H,24,28)(H,25,26).